The molecule has 3 rings (SSSR count). The Labute approximate surface area is 160 Å². The maximum atomic E-state index is 12.8. The third-order valence-electron chi connectivity index (χ3n) is 4.25. The zero-order chi connectivity index (χ0) is 18.0. The highest BCUT2D eigenvalue weighted by molar-refractivity contribution is 14.1. The molecule has 1 aliphatic heterocycles. The van der Waals surface area contributed by atoms with Gasteiger partial charge in [0.15, 0.2) is 0 Å². The van der Waals surface area contributed by atoms with Gasteiger partial charge in [-0.15, -0.1) is 5.73 Å². The molecule has 0 radical (unpaired) electrons. The van der Waals surface area contributed by atoms with Gasteiger partial charge in [-0.1, -0.05) is 36.9 Å². The second-order valence-corrected chi connectivity index (χ2v) is 6.97. The molecule has 1 amide bonds. The van der Waals surface area contributed by atoms with Crippen LogP contribution < -0.4 is 9.64 Å². The Bertz CT molecular complexity index is 830. The third kappa shape index (κ3) is 3.35. The molecule has 128 valence electrons. The van der Waals surface area contributed by atoms with Crippen molar-refractivity contribution in [2.75, 3.05) is 4.90 Å². The second kappa shape index (κ2) is 7.44. The summed E-state index contributed by atoms with van der Waals surface area (Å²) in [6.07, 6.45) is -1.66. The number of nitrogens with zero attached hydrogens (tertiary/aromatic N) is 1. The van der Waals surface area contributed by atoms with Crippen molar-refractivity contribution in [1.82, 2.24) is 0 Å². The number of aliphatic hydroxyl groups is 1. The minimum Gasteiger partial charge on any atom is -0.478 e. The average molecular weight is 447 g/mol. The van der Waals surface area contributed by atoms with Crippen molar-refractivity contribution in [1.29, 1.82) is 0 Å². The fraction of sp³-hybridized carbons (Fsp3) is 0.200. The van der Waals surface area contributed by atoms with E-state index in [4.69, 9.17) is 4.74 Å². The summed E-state index contributed by atoms with van der Waals surface area (Å²) in [5.41, 5.74) is 4.07. The van der Waals surface area contributed by atoms with Crippen molar-refractivity contribution in [3.05, 3.63) is 76.1 Å². The number of aliphatic hydroxyl groups excluding tert-OH is 1. The van der Waals surface area contributed by atoms with Crippen LogP contribution in [-0.2, 0) is 4.79 Å². The largest absolute Gasteiger partial charge is 0.478 e. The lowest BCUT2D eigenvalue weighted by molar-refractivity contribution is -0.137. The molecule has 2 aromatic carbocycles. The van der Waals surface area contributed by atoms with E-state index < -0.39 is 18.2 Å². The molecule has 1 fully saturated rings. The Morgan fingerprint density at radius 1 is 1.24 bits per heavy atom. The third-order valence-corrected chi connectivity index (χ3v) is 5.17. The van der Waals surface area contributed by atoms with E-state index in [1.807, 2.05) is 42.5 Å². The number of hydrogen-bond acceptors (Lipinski definition) is 3. The summed E-state index contributed by atoms with van der Waals surface area (Å²) in [6, 6.07) is 16.2. The van der Waals surface area contributed by atoms with Gasteiger partial charge in [-0.25, -0.2) is 0 Å². The van der Waals surface area contributed by atoms with Crippen LogP contribution in [0, 0.1) is 3.57 Å². The highest BCUT2D eigenvalue weighted by Crippen LogP contribution is 2.36. The molecule has 0 aliphatic carbocycles. The molecule has 0 spiro atoms. The van der Waals surface area contributed by atoms with Crippen LogP contribution in [0.2, 0.25) is 0 Å². The zero-order valence-electron chi connectivity index (χ0n) is 13.7. The fourth-order valence-corrected chi connectivity index (χ4v) is 3.49. The molecule has 25 heavy (non-hydrogen) atoms. The van der Waals surface area contributed by atoms with E-state index in [1.54, 1.807) is 24.0 Å². The zero-order valence-corrected chi connectivity index (χ0v) is 15.9. The van der Waals surface area contributed by atoms with Crippen LogP contribution in [-0.4, -0.2) is 29.3 Å². The number of para-hydroxylation sites is 2. The first-order chi connectivity index (χ1) is 12.0. The molecule has 0 unspecified atom stereocenters. The van der Waals surface area contributed by atoms with Crippen LogP contribution in [0.3, 0.4) is 0 Å². The molecule has 1 N–H and O–H groups in total. The molecular formula is C20H18INO3. The van der Waals surface area contributed by atoms with E-state index in [2.05, 4.69) is 34.9 Å². The Kier molecular flexibility index (Phi) is 5.27. The average Bonchev–Trinajstić information content (AvgIpc) is 2.64. The number of ether oxygens (including phenoxy) is 1. The van der Waals surface area contributed by atoms with Gasteiger partial charge in [-0.05, 0) is 59.4 Å². The summed E-state index contributed by atoms with van der Waals surface area (Å²) in [7, 11) is 0. The van der Waals surface area contributed by atoms with Crippen LogP contribution in [0.4, 0.5) is 5.69 Å². The Hall–Kier alpha value is -2.08. The summed E-state index contributed by atoms with van der Waals surface area (Å²) in [6.45, 7) is 5.34. The second-order valence-electron chi connectivity index (χ2n) is 5.81. The summed E-state index contributed by atoms with van der Waals surface area (Å²) in [5.74, 6) is 0.426. The lowest BCUT2D eigenvalue weighted by atomic mass is 9.88. The molecule has 3 atom stereocenters. The molecule has 0 saturated carbocycles. The van der Waals surface area contributed by atoms with Crippen molar-refractivity contribution in [3.8, 4) is 5.75 Å². The number of hydrogen-bond donors (Lipinski definition) is 1. The lowest BCUT2D eigenvalue weighted by Crippen LogP contribution is -2.71. The van der Waals surface area contributed by atoms with Gasteiger partial charge in [-0.3, -0.25) is 9.69 Å². The first-order valence-corrected chi connectivity index (χ1v) is 8.96. The van der Waals surface area contributed by atoms with Crippen LogP contribution >= 0.6 is 22.6 Å². The number of amides is 1. The van der Waals surface area contributed by atoms with Gasteiger partial charge in [0.1, 0.15) is 17.9 Å². The quantitative estimate of drug-likeness (QED) is 0.434. The predicted molar refractivity (Wildman–Crippen MR) is 106 cm³/mol. The van der Waals surface area contributed by atoms with Gasteiger partial charge in [0, 0.05) is 3.57 Å². The number of carbonyl (C=O) groups is 1. The maximum absolute atomic E-state index is 12.8. The van der Waals surface area contributed by atoms with Gasteiger partial charge >= 0.3 is 0 Å². The smallest absolute Gasteiger partial charge is 0.270 e. The molecule has 2 aromatic rings. The molecule has 0 aromatic heterocycles. The highest BCUT2D eigenvalue weighted by Gasteiger charge is 2.54. The first kappa shape index (κ1) is 17.7. The SMILES string of the molecule is C=C=C(C)[C@@H](O)[C@H]1[C@@H](Oc2ccccc2)C(=O)N1c1ccccc1I. The fourth-order valence-electron chi connectivity index (χ4n) is 2.84. The Balaban J connectivity index is 1.95. The lowest BCUT2D eigenvalue weighted by Gasteiger charge is -2.48. The van der Waals surface area contributed by atoms with Crippen LogP contribution in [0.15, 0.2) is 72.5 Å². The molecule has 0 bridgehead atoms. The van der Waals surface area contributed by atoms with E-state index in [0.717, 1.165) is 9.26 Å². The van der Waals surface area contributed by atoms with E-state index >= 15 is 0 Å². The summed E-state index contributed by atoms with van der Waals surface area (Å²) in [5, 5.41) is 10.7. The topological polar surface area (TPSA) is 49.8 Å². The predicted octanol–water partition coefficient (Wildman–Crippen LogP) is 3.55. The highest BCUT2D eigenvalue weighted by atomic mass is 127. The summed E-state index contributed by atoms with van der Waals surface area (Å²) < 4.78 is 6.80. The van der Waals surface area contributed by atoms with Crippen LogP contribution in [0.5, 0.6) is 5.75 Å². The van der Waals surface area contributed by atoms with Gasteiger partial charge in [0.2, 0.25) is 6.10 Å². The molecule has 5 heteroatoms. The van der Waals surface area contributed by atoms with E-state index in [1.165, 1.54) is 0 Å². The van der Waals surface area contributed by atoms with Crippen molar-refractivity contribution in [2.24, 2.45) is 0 Å². The summed E-state index contributed by atoms with van der Waals surface area (Å²) in [4.78, 5) is 14.4. The molecule has 1 heterocycles. The van der Waals surface area contributed by atoms with Crippen LogP contribution in [0.1, 0.15) is 6.92 Å². The van der Waals surface area contributed by atoms with Crippen molar-refractivity contribution < 1.29 is 14.6 Å². The Morgan fingerprint density at radius 2 is 1.88 bits per heavy atom. The van der Waals surface area contributed by atoms with Crippen LogP contribution in [0.25, 0.3) is 0 Å². The Morgan fingerprint density at radius 3 is 2.52 bits per heavy atom. The number of anilines is 1. The van der Waals surface area contributed by atoms with Gasteiger partial charge < -0.3 is 9.84 Å². The first-order valence-electron chi connectivity index (χ1n) is 7.88. The number of halogens is 1. The number of carbonyl (C=O) groups excluding carboxylic acids is 1. The molecule has 1 aliphatic rings. The standard InChI is InChI=1S/C20H18INO3/c1-3-13(2)18(23)17-19(25-14-9-5-4-6-10-14)20(24)22(17)16-12-8-7-11-15(16)21/h4-12,17-19,23H,1H2,2H3/t17-,18+,19+/m0/s1. The molecule has 4 nitrogen and oxygen atoms in total. The van der Waals surface area contributed by atoms with Crippen molar-refractivity contribution in [2.45, 2.75) is 25.2 Å². The van der Waals surface area contributed by atoms with Gasteiger partial charge in [0.25, 0.3) is 5.91 Å². The monoisotopic (exact) mass is 447 g/mol. The number of β-lactam (4-membered cyclic amide) rings is 1. The van der Waals surface area contributed by atoms with E-state index in [-0.39, 0.29) is 5.91 Å². The summed E-state index contributed by atoms with van der Waals surface area (Å²) >= 11 is 2.18. The minimum absolute atomic E-state index is 0.172. The minimum atomic E-state index is -0.903. The van der Waals surface area contributed by atoms with E-state index in [9.17, 15) is 9.90 Å². The number of rotatable bonds is 5. The van der Waals surface area contributed by atoms with Crippen molar-refractivity contribution >= 4 is 34.2 Å². The molecular weight excluding hydrogens is 429 g/mol. The van der Waals surface area contributed by atoms with E-state index in [0.29, 0.717) is 11.3 Å². The maximum Gasteiger partial charge on any atom is 0.270 e. The normalized spacial score (nSPS) is 20.4. The van der Waals surface area contributed by atoms with Gasteiger partial charge in [0.05, 0.1) is 5.69 Å². The molecule has 1 saturated heterocycles. The van der Waals surface area contributed by atoms with Gasteiger partial charge in [-0.2, -0.15) is 0 Å². The number of benzene rings is 2. The van der Waals surface area contributed by atoms with Crippen molar-refractivity contribution in [3.63, 3.8) is 0 Å².